The van der Waals surface area contributed by atoms with Crippen LogP contribution in [0.15, 0.2) is 12.4 Å². The van der Waals surface area contributed by atoms with Gasteiger partial charge in [-0.3, -0.25) is 0 Å². The van der Waals surface area contributed by atoms with Gasteiger partial charge in [-0.2, -0.15) is 0 Å². The second-order valence-corrected chi connectivity index (χ2v) is 5.33. The molecule has 1 N–H and O–H groups in total. The van der Waals surface area contributed by atoms with Gasteiger partial charge < -0.3 is 14.8 Å². The fraction of sp³-hybridized carbons (Fsp3) is 0.769. The molecule has 0 spiro atoms. The van der Waals surface area contributed by atoms with Crippen LogP contribution in [0.2, 0.25) is 0 Å². The molecular weight excluding hydrogens is 212 g/mol. The molecule has 1 aliphatic rings. The minimum Gasteiger partial charge on any atom is -0.353 e. The van der Waals surface area contributed by atoms with Crippen molar-refractivity contribution < 1.29 is 0 Å². The summed E-state index contributed by atoms with van der Waals surface area (Å²) in [6, 6.07) is 1.09. The van der Waals surface area contributed by atoms with Gasteiger partial charge in [0.15, 0.2) is 0 Å². The molecule has 1 aromatic rings. The maximum atomic E-state index is 4.38. The minimum atomic E-state index is 0.431. The smallest absolute Gasteiger partial charge is 0.203 e. The van der Waals surface area contributed by atoms with Crippen molar-refractivity contribution in [1.29, 1.82) is 0 Å². The van der Waals surface area contributed by atoms with Gasteiger partial charge in [-0.1, -0.05) is 6.42 Å². The van der Waals surface area contributed by atoms with Crippen LogP contribution >= 0.6 is 0 Å². The molecule has 0 aromatic carbocycles. The highest BCUT2D eigenvalue weighted by Crippen LogP contribution is 2.18. The first kappa shape index (κ1) is 12.4. The van der Waals surface area contributed by atoms with Crippen molar-refractivity contribution in [1.82, 2.24) is 14.5 Å². The molecule has 17 heavy (non-hydrogen) atoms. The second kappa shape index (κ2) is 5.54. The molecule has 1 fully saturated rings. The SMILES string of the molecule is CC(C)Nc1nccn1CC1CCCCN1C. The molecule has 1 unspecified atom stereocenters. The summed E-state index contributed by atoms with van der Waals surface area (Å²) in [5.74, 6) is 0.999. The predicted octanol–water partition coefficient (Wildman–Crippen LogP) is 2.19. The Hall–Kier alpha value is -1.03. The molecule has 0 radical (unpaired) electrons. The first-order chi connectivity index (χ1) is 8.16. The fourth-order valence-electron chi connectivity index (χ4n) is 2.46. The van der Waals surface area contributed by atoms with Crippen molar-refractivity contribution in [3.05, 3.63) is 12.4 Å². The third-order valence-corrected chi connectivity index (χ3v) is 3.46. The van der Waals surface area contributed by atoms with Gasteiger partial charge in [-0.15, -0.1) is 0 Å². The number of anilines is 1. The number of likely N-dealkylation sites (tertiary alicyclic amines) is 1. The van der Waals surface area contributed by atoms with Crippen LogP contribution < -0.4 is 5.32 Å². The predicted molar refractivity (Wildman–Crippen MR) is 71.3 cm³/mol. The van der Waals surface area contributed by atoms with E-state index < -0.39 is 0 Å². The highest BCUT2D eigenvalue weighted by Gasteiger charge is 2.20. The Morgan fingerprint density at radius 3 is 3.00 bits per heavy atom. The number of imidazole rings is 1. The van der Waals surface area contributed by atoms with Crippen LogP contribution in [0.25, 0.3) is 0 Å². The number of piperidine rings is 1. The zero-order valence-electron chi connectivity index (χ0n) is 11.2. The number of nitrogens with zero attached hydrogens (tertiary/aromatic N) is 3. The third-order valence-electron chi connectivity index (χ3n) is 3.46. The first-order valence-electron chi connectivity index (χ1n) is 6.64. The van der Waals surface area contributed by atoms with Gasteiger partial charge >= 0.3 is 0 Å². The van der Waals surface area contributed by atoms with Crippen LogP contribution in [0.5, 0.6) is 0 Å². The van der Waals surface area contributed by atoms with Gasteiger partial charge in [0, 0.05) is 31.0 Å². The molecule has 0 saturated carbocycles. The van der Waals surface area contributed by atoms with Crippen LogP contribution in [-0.4, -0.2) is 40.1 Å². The van der Waals surface area contributed by atoms with Gasteiger partial charge in [0.25, 0.3) is 0 Å². The Balaban J connectivity index is 1.99. The van der Waals surface area contributed by atoms with Crippen molar-refractivity contribution >= 4 is 5.95 Å². The van der Waals surface area contributed by atoms with E-state index >= 15 is 0 Å². The summed E-state index contributed by atoms with van der Waals surface area (Å²) < 4.78 is 2.24. The zero-order chi connectivity index (χ0) is 12.3. The van der Waals surface area contributed by atoms with E-state index in [1.807, 2.05) is 6.20 Å². The lowest BCUT2D eigenvalue weighted by Crippen LogP contribution is -2.39. The summed E-state index contributed by atoms with van der Waals surface area (Å²) in [7, 11) is 2.23. The van der Waals surface area contributed by atoms with Crippen LogP contribution in [-0.2, 0) is 6.54 Å². The quantitative estimate of drug-likeness (QED) is 0.870. The molecular formula is C13H24N4. The Bertz CT molecular complexity index is 345. The number of hydrogen-bond donors (Lipinski definition) is 1. The number of aromatic nitrogens is 2. The van der Waals surface area contributed by atoms with E-state index in [0.29, 0.717) is 12.1 Å². The third kappa shape index (κ3) is 3.22. The summed E-state index contributed by atoms with van der Waals surface area (Å²) in [6.07, 6.45) is 7.96. The Morgan fingerprint density at radius 1 is 1.47 bits per heavy atom. The molecule has 1 atom stereocenters. The van der Waals surface area contributed by atoms with E-state index in [-0.39, 0.29) is 0 Å². The summed E-state index contributed by atoms with van der Waals surface area (Å²) in [6.45, 7) is 6.56. The highest BCUT2D eigenvalue weighted by atomic mass is 15.2. The second-order valence-electron chi connectivity index (χ2n) is 5.33. The largest absolute Gasteiger partial charge is 0.353 e. The molecule has 2 rings (SSSR count). The van der Waals surface area contributed by atoms with Gasteiger partial charge in [0.2, 0.25) is 5.95 Å². The zero-order valence-corrected chi connectivity index (χ0v) is 11.2. The van der Waals surface area contributed by atoms with Gasteiger partial charge in [0.1, 0.15) is 0 Å². The lowest BCUT2D eigenvalue weighted by Gasteiger charge is -2.33. The average molecular weight is 236 g/mol. The van der Waals surface area contributed by atoms with E-state index in [0.717, 1.165) is 12.5 Å². The number of hydrogen-bond acceptors (Lipinski definition) is 3. The standard InChI is InChI=1S/C13H24N4/c1-11(2)15-13-14-7-9-17(13)10-12-6-4-5-8-16(12)3/h7,9,11-12H,4-6,8,10H2,1-3H3,(H,14,15). The van der Waals surface area contributed by atoms with E-state index in [9.17, 15) is 0 Å². The average Bonchev–Trinajstić information content (AvgIpc) is 2.68. The van der Waals surface area contributed by atoms with Crippen molar-refractivity contribution in [3.63, 3.8) is 0 Å². The topological polar surface area (TPSA) is 33.1 Å². The molecule has 0 bridgehead atoms. The normalized spacial score (nSPS) is 22.0. The van der Waals surface area contributed by atoms with Gasteiger partial charge in [-0.25, -0.2) is 4.98 Å². The summed E-state index contributed by atoms with van der Waals surface area (Å²) in [5, 5.41) is 3.39. The lowest BCUT2D eigenvalue weighted by atomic mass is 10.0. The van der Waals surface area contributed by atoms with E-state index in [1.165, 1.54) is 25.8 Å². The fourth-order valence-corrected chi connectivity index (χ4v) is 2.46. The maximum absolute atomic E-state index is 4.38. The van der Waals surface area contributed by atoms with Crippen molar-refractivity contribution in [2.24, 2.45) is 0 Å². The first-order valence-corrected chi connectivity index (χ1v) is 6.64. The number of rotatable bonds is 4. The lowest BCUT2D eigenvalue weighted by molar-refractivity contribution is 0.168. The molecule has 96 valence electrons. The molecule has 0 aliphatic carbocycles. The van der Waals surface area contributed by atoms with Crippen molar-refractivity contribution in [2.75, 3.05) is 18.9 Å². The van der Waals surface area contributed by atoms with Gasteiger partial charge in [0.05, 0.1) is 0 Å². The highest BCUT2D eigenvalue weighted by molar-refractivity contribution is 5.26. The molecule has 0 amide bonds. The molecule has 1 aromatic heterocycles. The van der Waals surface area contributed by atoms with E-state index in [1.54, 1.807) is 0 Å². The molecule has 2 heterocycles. The van der Waals surface area contributed by atoms with Crippen LogP contribution in [0.4, 0.5) is 5.95 Å². The van der Waals surface area contributed by atoms with Crippen LogP contribution in [0.1, 0.15) is 33.1 Å². The van der Waals surface area contributed by atoms with Crippen molar-refractivity contribution in [2.45, 2.75) is 51.7 Å². The Labute approximate surface area is 104 Å². The summed E-state index contributed by atoms with van der Waals surface area (Å²) in [5.41, 5.74) is 0. The number of nitrogens with one attached hydrogen (secondary N) is 1. The van der Waals surface area contributed by atoms with Crippen molar-refractivity contribution in [3.8, 4) is 0 Å². The monoisotopic (exact) mass is 236 g/mol. The van der Waals surface area contributed by atoms with Crippen LogP contribution in [0.3, 0.4) is 0 Å². The number of likely N-dealkylation sites (N-methyl/N-ethyl adjacent to an activating group) is 1. The van der Waals surface area contributed by atoms with Crippen LogP contribution in [0, 0.1) is 0 Å². The minimum absolute atomic E-state index is 0.431. The van der Waals surface area contributed by atoms with Gasteiger partial charge in [-0.05, 0) is 40.3 Å². The van der Waals surface area contributed by atoms with E-state index in [4.69, 9.17) is 0 Å². The van der Waals surface area contributed by atoms with E-state index in [2.05, 4.69) is 46.9 Å². The summed E-state index contributed by atoms with van der Waals surface area (Å²) >= 11 is 0. The molecule has 4 nitrogen and oxygen atoms in total. The Morgan fingerprint density at radius 2 is 2.29 bits per heavy atom. The molecule has 1 aliphatic heterocycles. The molecule has 1 saturated heterocycles. The molecule has 4 heteroatoms. The maximum Gasteiger partial charge on any atom is 0.203 e. The Kier molecular flexibility index (Phi) is 4.05. The summed E-state index contributed by atoms with van der Waals surface area (Å²) in [4.78, 5) is 6.86.